The van der Waals surface area contributed by atoms with Crippen molar-refractivity contribution in [3.8, 4) is 11.3 Å². The summed E-state index contributed by atoms with van der Waals surface area (Å²) in [4.78, 5) is 28.8. The number of aromatic nitrogens is 2. The number of H-pyrrole nitrogens is 1. The van der Waals surface area contributed by atoms with E-state index in [4.69, 9.17) is 11.6 Å². The van der Waals surface area contributed by atoms with Gasteiger partial charge in [-0.15, -0.1) is 12.4 Å². The van der Waals surface area contributed by atoms with E-state index in [9.17, 15) is 9.59 Å². The molecule has 0 radical (unpaired) electrons. The van der Waals surface area contributed by atoms with E-state index in [1.54, 1.807) is 18.2 Å². The molecule has 1 unspecified atom stereocenters. The molecule has 2 N–H and O–H groups in total. The maximum atomic E-state index is 12.9. The van der Waals surface area contributed by atoms with Crippen molar-refractivity contribution in [2.24, 2.45) is 0 Å². The van der Waals surface area contributed by atoms with Crippen molar-refractivity contribution in [2.45, 2.75) is 18.9 Å². The first-order valence-corrected chi connectivity index (χ1v) is 9.60. The van der Waals surface area contributed by atoms with Crippen molar-refractivity contribution in [3.63, 3.8) is 0 Å². The normalized spacial score (nSPS) is 20.0. The molecule has 150 valence electrons. The lowest BCUT2D eigenvalue weighted by Crippen LogP contribution is -2.57. The van der Waals surface area contributed by atoms with Crippen molar-refractivity contribution in [3.05, 3.63) is 41.0 Å². The number of benzene rings is 1. The Morgan fingerprint density at radius 2 is 2.00 bits per heavy atom. The zero-order valence-electron chi connectivity index (χ0n) is 15.4. The molecular formula is C19H23Cl2N5O2. The summed E-state index contributed by atoms with van der Waals surface area (Å²) in [7, 11) is 0. The molecule has 0 saturated carbocycles. The van der Waals surface area contributed by atoms with E-state index in [2.05, 4.69) is 15.5 Å². The zero-order chi connectivity index (χ0) is 18.8. The molecule has 2 saturated heterocycles. The lowest BCUT2D eigenvalue weighted by atomic mass is 10.0. The minimum atomic E-state index is -0.0741. The monoisotopic (exact) mass is 423 g/mol. The van der Waals surface area contributed by atoms with Crippen LogP contribution in [0.15, 0.2) is 30.3 Å². The Morgan fingerprint density at radius 1 is 1.21 bits per heavy atom. The van der Waals surface area contributed by atoms with Crippen LogP contribution in [0.5, 0.6) is 0 Å². The third kappa shape index (κ3) is 4.32. The molecule has 3 heterocycles. The zero-order valence-corrected chi connectivity index (χ0v) is 16.9. The molecule has 1 atom stereocenters. The SMILES string of the molecule is Cl.O=C(c1cc(-c2ccc(Cl)cc2)n[nH]1)N1CCCC(N2CCNCC2=O)C1. The number of hydrogen-bond acceptors (Lipinski definition) is 4. The second-order valence-electron chi connectivity index (χ2n) is 6.98. The number of carbonyl (C=O) groups is 2. The second-order valence-corrected chi connectivity index (χ2v) is 7.42. The molecule has 2 fully saturated rings. The van der Waals surface area contributed by atoms with Gasteiger partial charge in [0.2, 0.25) is 5.91 Å². The molecule has 2 aliphatic heterocycles. The van der Waals surface area contributed by atoms with Crippen LogP contribution in [0.1, 0.15) is 23.3 Å². The number of halogens is 2. The van der Waals surface area contributed by atoms with Gasteiger partial charge < -0.3 is 15.1 Å². The summed E-state index contributed by atoms with van der Waals surface area (Å²) >= 11 is 5.92. The summed E-state index contributed by atoms with van der Waals surface area (Å²) in [6.45, 7) is 3.16. The van der Waals surface area contributed by atoms with Crippen LogP contribution in [0.3, 0.4) is 0 Å². The Labute approximate surface area is 174 Å². The van der Waals surface area contributed by atoms with E-state index in [1.165, 1.54) is 0 Å². The highest BCUT2D eigenvalue weighted by atomic mass is 35.5. The maximum absolute atomic E-state index is 12.9. The number of piperazine rings is 1. The first-order chi connectivity index (χ1) is 13.1. The first kappa shape index (κ1) is 20.6. The number of aromatic amines is 1. The summed E-state index contributed by atoms with van der Waals surface area (Å²) in [6, 6.07) is 9.21. The fourth-order valence-electron chi connectivity index (χ4n) is 3.77. The van der Waals surface area contributed by atoms with Crippen molar-refractivity contribution < 1.29 is 9.59 Å². The number of carbonyl (C=O) groups excluding carboxylic acids is 2. The van der Waals surface area contributed by atoms with E-state index in [0.29, 0.717) is 42.6 Å². The summed E-state index contributed by atoms with van der Waals surface area (Å²) in [5, 5.41) is 10.9. The highest BCUT2D eigenvalue weighted by molar-refractivity contribution is 6.30. The number of rotatable bonds is 3. The quantitative estimate of drug-likeness (QED) is 0.792. The van der Waals surface area contributed by atoms with Gasteiger partial charge in [-0.1, -0.05) is 23.7 Å². The van der Waals surface area contributed by atoms with Crippen molar-refractivity contribution in [2.75, 3.05) is 32.7 Å². The van der Waals surface area contributed by atoms with Gasteiger partial charge in [-0.2, -0.15) is 5.10 Å². The summed E-state index contributed by atoms with van der Waals surface area (Å²) in [6.07, 6.45) is 1.83. The number of likely N-dealkylation sites (tertiary alicyclic amines) is 1. The van der Waals surface area contributed by atoms with E-state index in [-0.39, 0.29) is 30.3 Å². The maximum Gasteiger partial charge on any atom is 0.271 e. The van der Waals surface area contributed by atoms with Gasteiger partial charge in [0, 0.05) is 42.8 Å². The van der Waals surface area contributed by atoms with Gasteiger partial charge in [0.25, 0.3) is 5.91 Å². The Hall–Kier alpha value is -2.09. The predicted octanol–water partition coefficient (Wildman–Crippen LogP) is 2.19. The smallest absolute Gasteiger partial charge is 0.271 e. The van der Waals surface area contributed by atoms with E-state index in [1.807, 2.05) is 21.9 Å². The average molecular weight is 424 g/mol. The van der Waals surface area contributed by atoms with Crippen LogP contribution in [0, 0.1) is 0 Å². The van der Waals surface area contributed by atoms with E-state index >= 15 is 0 Å². The minimum absolute atomic E-state index is 0. The Morgan fingerprint density at radius 3 is 2.75 bits per heavy atom. The molecule has 0 bridgehead atoms. The van der Waals surface area contributed by atoms with Gasteiger partial charge in [0.05, 0.1) is 12.2 Å². The third-order valence-electron chi connectivity index (χ3n) is 5.20. The van der Waals surface area contributed by atoms with Gasteiger partial charge in [-0.05, 0) is 31.0 Å². The Balaban J connectivity index is 0.00000225. The van der Waals surface area contributed by atoms with Crippen LogP contribution in [0.25, 0.3) is 11.3 Å². The largest absolute Gasteiger partial charge is 0.336 e. The molecule has 0 spiro atoms. The summed E-state index contributed by atoms with van der Waals surface area (Å²) in [5.74, 6) is 0.0436. The van der Waals surface area contributed by atoms with Crippen LogP contribution in [0.4, 0.5) is 0 Å². The molecule has 7 nitrogen and oxygen atoms in total. The average Bonchev–Trinajstić information content (AvgIpc) is 3.18. The summed E-state index contributed by atoms with van der Waals surface area (Å²) in [5.41, 5.74) is 2.07. The van der Waals surface area contributed by atoms with Gasteiger partial charge in [0.1, 0.15) is 5.69 Å². The van der Waals surface area contributed by atoms with Crippen molar-refractivity contribution in [1.29, 1.82) is 0 Å². The third-order valence-corrected chi connectivity index (χ3v) is 5.45. The topological polar surface area (TPSA) is 81.3 Å². The predicted molar refractivity (Wildman–Crippen MR) is 110 cm³/mol. The van der Waals surface area contributed by atoms with Gasteiger partial charge in [-0.25, -0.2) is 0 Å². The molecule has 4 rings (SSSR count). The minimum Gasteiger partial charge on any atom is -0.336 e. The van der Waals surface area contributed by atoms with E-state index in [0.717, 1.165) is 24.9 Å². The number of piperidine rings is 1. The lowest BCUT2D eigenvalue weighted by Gasteiger charge is -2.41. The number of hydrogen-bond donors (Lipinski definition) is 2. The van der Waals surface area contributed by atoms with Gasteiger partial charge in [0.15, 0.2) is 0 Å². The van der Waals surface area contributed by atoms with Crippen molar-refractivity contribution in [1.82, 2.24) is 25.3 Å². The fraction of sp³-hybridized carbons (Fsp3) is 0.421. The lowest BCUT2D eigenvalue weighted by molar-refractivity contribution is -0.135. The fourth-order valence-corrected chi connectivity index (χ4v) is 3.90. The number of amides is 2. The highest BCUT2D eigenvalue weighted by Gasteiger charge is 2.32. The van der Waals surface area contributed by atoms with Crippen LogP contribution in [0.2, 0.25) is 5.02 Å². The Kier molecular flexibility index (Phi) is 6.59. The Bertz CT molecular complexity index is 839. The molecule has 1 aromatic heterocycles. The van der Waals surface area contributed by atoms with Crippen LogP contribution >= 0.6 is 24.0 Å². The van der Waals surface area contributed by atoms with E-state index < -0.39 is 0 Å². The highest BCUT2D eigenvalue weighted by Crippen LogP contribution is 2.22. The summed E-state index contributed by atoms with van der Waals surface area (Å²) < 4.78 is 0. The second kappa shape index (κ2) is 8.94. The standard InChI is InChI=1S/C19H22ClN5O2.ClH/c20-14-5-3-13(4-6-14)16-10-17(23-22-16)19(27)24-8-1-2-15(12-24)25-9-7-21-11-18(25)26;/h3-6,10,15,21H,1-2,7-9,11-12H2,(H,22,23);1H. The van der Waals surface area contributed by atoms with Crippen LogP contribution in [-0.4, -0.2) is 70.6 Å². The number of nitrogens with one attached hydrogen (secondary N) is 2. The molecule has 9 heteroatoms. The van der Waals surface area contributed by atoms with Gasteiger partial charge in [-0.3, -0.25) is 14.7 Å². The van der Waals surface area contributed by atoms with Gasteiger partial charge >= 0.3 is 0 Å². The van der Waals surface area contributed by atoms with Crippen LogP contribution in [-0.2, 0) is 4.79 Å². The molecule has 0 aliphatic carbocycles. The molecular weight excluding hydrogens is 401 g/mol. The molecule has 2 aliphatic rings. The molecule has 2 amide bonds. The number of nitrogens with zero attached hydrogens (tertiary/aromatic N) is 3. The molecule has 2 aromatic rings. The van der Waals surface area contributed by atoms with Crippen molar-refractivity contribution >= 4 is 35.8 Å². The molecule has 1 aromatic carbocycles. The first-order valence-electron chi connectivity index (χ1n) is 9.22. The van der Waals surface area contributed by atoms with Crippen LogP contribution < -0.4 is 5.32 Å². The molecule has 28 heavy (non-hydrogen) atoms.